The van der Waals surface area contributed by atoms with Crippen LogP contribution in [0.1, 0.15) is 55.0 Å². The third-order valence-corrected chi connectivity index (χ3v) is 8.14. The van der Waals surface area contributed by atoms with Crippen LogP contribution in [0.2, 0.25) is 0 Å². The summed E-state index contributed by atoms with van der Waals surface area (Å²) in [5, 5.41) is 10.5. The van der Waals surface area contributed by atoms with E-state index in [-0.39, 0.29) is 35.9 Å². The zero-order valence-corrected chi connectivity index (χ0v) is 18.2. The summed E-state index contributed by atoms with van der Waals surface area (Å²) >= 11 is 1.36. The van der Waals surface area contributed by atoms with Crippen molar-refractivity contribution in [2.45, 2.75) is 58.2 Å². The molecule has 2 aromatic rings. The number of nitriles is 1. The number of carbonyl (C=O) groups is 2. The second-order valence-electron chi connectivity index (χ2n) is 8.61. The Morgan fingerprint density at radius 3 is 2.30 bits per heavy atom. The number of anilines is 1. The molecule has 0 N–H and O–H groups in total. The van der Waals surface area contributed by atoms with Gasteiger partial charge in [0.05, 0.1) is 29.6 Å². The standard InChI is InChI=1S/C24H24N2O3S/c1-4-12(2)14-5-7-15(8-6-14)19-13(3)30-24(16(19)11-25)26-22(27)20-17-9-10-18(29-17)21(20)23(26)28/h5-8,12,17-18,20-21H,4,9-10H2,1-3H3/t12-,17+,18+,20-,21-/m0/s1. The van der Waals surface area contributed by atoms with Gasteiger partial charge in [0.25, 0.3) is 0 Å². The minimum atomic E-state index is -0.386. The highest BCUT2D eigenvalue weighted by Gasteiger charge is 2.63. The fraction of sp³-hybridized carbons (Fsp3) is 0.458. The number of ether oxygens (including phenoxy) is 1. The lowest BCUT2D eigenvalue weighted by atomic mass is 9.81. The molecule has 3 fully saturated rings. The topological polar surface area (TPSA) is 70.4 Å². The molecular formula is C24H24N2O3S. The van der Waals surface area contributed by atoms with Crippen molar-refractivity contribution in [1.29, 1.82) is 5.26 Å². The lowest BCUT2D eigenvalue weighted by Gasteiger charge is -2.16. The van der Waals surface area contributed by atoms with Gasteiger partial charge in [-0.25, -0.2) is 4.90 Å². The van der Waals surface area contributed by atoms with Gasteiger partial charge in [-0.3, -0.25) is 9.59 Å². The molecule has 2 bridgehead atoms. The minimum absolute atomic E-state index is 0.152. The van der Waals surface area contributed by atoms with Crippen molar-refractivity contribution in [3.05, 3.63) is 40.3 Å². The van der Waals surface area contributed by atoms with Crippen LogP contribution in [-0.2, 0) is 14.3 Å². The number of carbonyl (C=O) groups excluding carboxylic acids is 2. The fourth-order valence-electron chi connectivity index (χ4n) is 5.27. The molecule has 6 heteroatoms. The van der Waals surface area contributed by atoms with Gasteiger partial charge in [0.1, 0.15) is 11.1 Å². The summed E-state index contributed by atoms with van der Waals surface area (Å²) in [6.45, 7) is 6.31. The Kier molecular flexibility index (Phi) is 4.57. The van der Waals surface area contributed by atoms with Crippen molar-refractivity contribution in [3.8, 4) is 17.2 Å². The third-order valence-electron chi connectivity index (χ3n) is 7.05. The summed E-state index contributed by atoms with van der Waals surface area (Å²) in [7, 11) is 0. The molecule has 4 heterocycles. The van der Waals surface area contributed by atoms with Crippen LogP contribution in [0.15, 0.2) is 24.3 Å². The van der Waals surface area contributed by atoms with Gasteiger partial charge in [-0.1, -0.05) is 38.1 Å². The SMILES string of the molecule is CC[C@H](C)c1ccc(-c2c(C)sc(N3C(=O)[C@@H]4[C@@H](C3=O)[C@H]3CC[C@H]4O3)c2C#N)cc1. The normalized spacial score (nSPS) is 28.1. The van der Waals surface area contributed by atoms with Crippen molar-refractivity contribution in [1.82, 2.24) is 0 Å². The first-order valence-electron chi connectivity index (χ1n) is 10.6. The maximum Gasteiger partial charge on any atom is 0.241 e. The number of nitrogens with zero attached hydrogens (tertiary/aromatic N) is 2. The molecule has 154 valence electrons. The maximum atomic E-state index is 13.2. The smallest absolute Gasteiger partial charge is 0.241 e. The van der Waals surface area contributed by atoms with Crippen molar-refractivity contribution >= 4 is 28.2 Å². The Balaban J connectivity index is 1.55. The van der Waals surface area contributed by atoms with E-state index in [1.165, 1.54) is 21.8 Å². The van der Waals surface area contributed by atoms with E-state index < -0.39 is 0 Å². The summed E-state index contributed by atoms with van der Waals surface area (Å²) in [6, 6.07) is 10.6. The lowest BCUT2D eigenvalue weighted by Crippen LogP contribution is -2.34. The van der Waals surface area contributed by atoms with Crippen LogP contribution in [0.3, 0.4) is 0 Å². The molecule has 5 rings (SSSR count). The average Bonchev–Trinajstić information content (AvgIpc) is 3.50. The number of fused-ring (bicyclic) bond motifs is 5. The molecule has 0 spiro atoms. The average molecular weight is 421 g/mol. The van der Waals surface area contributed by atoms with E-state index in [4.69, 9.17) is 4.74 Å². The molecule has 0 radical (unpaired) electrons. The number of hydrogen-bond donors (Lipinski definition) is 0. The number of benzene rings is 1. The second kappa shape index (κ2) is 7.04. The highest BCUT2D eigenvalue weighted by Crippen LogP contribution is 2.52. The van der Waals surface area contributed by atoms with Crippen molar-refractivity contribution in [2.75, 3.05) is 4.90 Å². The number of rotatable bonds is 4. The maximum absolute atomic E-state index is 13.2. The van der Waals surface area contributed by atoms with Crippen molar-refractivity contribution in [3.63, 3.8) is 0 Å². The number of aryl methyl sites for hydroxylation is 1. The van der Waals surface area contributed by atoms with Crippen LogP contribution in [0.25, 0.3) is 11.1 Å². The summed E-state index contributed by atoms with van der Waals surface area (Å²) in [5.41, 5.74) is 3.45. The van der Waals surface area contributed by atoms with Crippen LogP contribution >= 0.6 is 11.3 Å². The van der Waals surface area contributed by atoms with Crippen LogP contribution in [0.5, 0.6) is 0 Å². The summed E-state index contributed by atoms with van der Waals surface area (Å²) in [4.78, 5) is 28.6. The second-order valence-corrected chi connectivity index (χ2v) is 9.81. The first-order valence-corrected chi connectivity index (χ1v) is 11.4. The quantitative estimate of drug-likeness (QED) is 0.668. The van der Waals surface area contributed by atoms with Gasteiger partial charge < -0.3 is 4.74 Å². The van der Waals surface area contributed by atoms with E-state index in [1.807, 2.05) is 19.1 Å². The van der Waals surface area contributed by atoms with E-state index in [1.54, 1.807) is 0 Å². The molecule has 3 saturated heterocycles. The Bertz CT molecular complexity index is 1050. The van der Waals surface area contributed by atoms with Gasteiger partial charge in [0.15, 0.2) is 0 Å². The zero-order chi connectivity index (χ0) is 21.2. The molecule has 30 heavy (non-hydrogen) atoms. The summed E-state index contributed by atoms with van der Waals surface area (Å²) in [5.74, 6) is -0.695. The predicted molar refractivity (Wildman–Crippen MR) is 115 cm³/mol. The Hall–Kier alpha value is -2.49. The van der Waals surface area contributed by atoms with Crippen molar-refractivity contribution < 1.29 is 14.3 Å². The molecule has 3 aliphatic heterocycles. The van der Waals surface area contributed by atoms with Crippen molar-refractivity contribution in [2.24, 2.45) is 11.8 Å². The van der Waals surface area contributed by atoms with E-state index in [2.05, 4.69) is 32.0 Å². The van der Waals surface area contributed by atoms with E-state index in [0.29, 0.717) is 16.5 Å². The van der Waals surface area contributed by atoms with Gasteiger partial charge in [-0.05, 0) is 43.2 Å². The van der Waals surface area contributed by atoms with Crippen LogP contribution < -0.4 is 4.90 Å². The number of imide groups is 1. The molecule has 1 aromatic carbocycles. The van der Waals surface area contributed by atoms with Crippen LogP contribution in [-0.4, -0.2) is 24.0 Å². The number of thiophene rings is 1. The van der Waals surface area contributed by atoms with Crippen LogP contribution in [0, 0.1) is 30.1 Å². The molecule has 5 nitrogen and oxygen atoms in total. The highest BCUT2D eigenvalue weighted by atomic mass is 32.1. The van der Waals surface area contributed by atoms with Gasteiger partial charge in [0.2, 0.25) is 11.8 Å². The third kappa shape index (κ3) is 2.62. The van der Waals surface area contributed by atoms with E-state index in [0.717, 1.165) is 35.3 Å². The Labute approximate surface area is 180 Å². The first kappa shape index (κ1) is 19.5. The van der Waals surface area contributed by atoms with Gasteiger partial charge >= 0.3 is 0 Å². The molecule has 0 aliphatic carbocycles. The minimum Gasteiger partial charge on any atom is -0.373 e. The Morgan fingerprint density at radius 2 is 1.77 bits per heavy atom. The monoisotopic (exact) mass is 420 g/mol. The lowest BCUT2D eigenvalue weighted by molar-refractivity contribution is -0.124. The zero-order valence-electron chi connectivity index (χ0n) is 17.3. The molecule has 3 aliphatic rings. The van der Waals surface area contributed by atoms with Gasteiger partial charge in [-0.2, -0.15) is 5.26 Å². The molecule has 0 saturated carbocycles. The molecule has 1 aromatic heterocycles. The molecular weight excluding hydrogens is 396 g/mol. The molecule has 2 amide bonds. The molecule has 0 unspecified atom stereocenters. The predicted octanol–water partition coefficient (Wildman–Crippen LogP) is 4.78. The van der Waals surface area contributed by atoms with E-state index in [9.17, 15) is 14.9 Å². The van der Waals surface area contributed by atoms with Gasteiger partial charge in [0, 0.05) is 10.4 Å². The largest absolute Gasteiger partial charge is 0.373 e. The highest BCUT2D eigenvalue weighted by molar-refractivity contribution is 7.17. The summed E-state index contributed by atoms with van der Waals surface area (Å²) < 4.78 is 5.83. The van der Waals surface area contributed by atoms with E-state index >= 15 is 0 Å². The number of hydrogen-bond acceptors (Lipinski definition) is 5. The Morgan fingerprint density at radius 1 is 1.17 bits per heavy atom. The first-order chi connectivity index (χ1) is 14.5. The molecule has 5 atom stereocenters. The fourth-order valence-corrected chi connectivity index (χ4v) is 6.40. The number of amides is 2. The van der Waals surface area contributed by atoms with Crippen LogP contribution in [0.4, 0.5) is 5.00 Å². The summed E-state index contributed by atoms with van der Waals surface area (Å²) in [6.07, 6.45) is 2.43. The van der Waals surface area contributed by atoms with Gasteiger partial charge in [-0.15, -0.1) is 11.3 Å².